The molecule has 0 saturated carbocycles. The first-order chi connectivity index (χ1) is 25.9. The number of ketones is 1. The minimum atomic E-state index is -6.27. The zero-order valence-corrected chi connectivity index (χ0v) is 33.2. The maximum absolute atomic E-state index is 15.4. The summed E-state index contributed by atoms with van der Waals surface area (Å²) in [6.07, 6.45) is 0. The summed E-state index contributed by atoms with van der Waals surface area (Å²) in [6.45, 7) is 8.52. The van der Waals surface area contributed by atoms with Gasteiger partial charge in [-0.2, -0.15) is 8.42 Å². The van der Waals surface area contributed by atoms with E-state index in [0.29, 0.717) is 34.1 Å². The molecule has 296 valence electrons. The predicted octanol–water partition coefficient (Wildman–Crippen LogP) is 10.7. The largest absolute Gasteiger partial charge is 0.295 e. The minimum Gasteiger partial charge on any atom is -0.295 e. The van der Waals surface area contributed by atoms with Gasteiger partial charge in [-0.1, -0.05) is 53.9 Å². The van der Waals surface area contributed by atoms with Crippen molar-refractivity contribution < 1.29 is 61.3 Å². The number of aryl methyl sites for hydroxylation is 4. The molecule has 5 aromatic carbocycles. The second-order valence-electron chi connectivity index (χ2n) is 12.8. The third kappa shape index (κ3) is 7.98. The van der Waals surface area contributed by atoms with Crippen molar-refractivity contribution in [1.82, 2.24) is 0 Å². The van der Waals surface area contributed by atoms with E-state index in [0.717, 1.165) is 16.0 Å². The number of Topliss-reactive ketones (excluding diaryl/α,β-unsaturated/α-hetero) is 1. The van der Waals surface area contributed by atoms with E-state index >= 15 is 17.6 Å². The van der Waals surface area contributed by atoms with Crippen molar-refractivity contribution in [1.29, 1.82) is 0 Å². The van der Waals surface area contributed by atoms with Gasteiger partial charge in [0, 0.05) is 25.8 Å². The maximum atomic E-state index is 15.4. The van der Waals surface area contributed by atoms with Crippen LogP contribution >= 0.6 is 23.5 Å². The summed E-state index contributed by atoms with van der Waals surface area (Å²) in [7, 11) is -10.7. The lowest BCUT2D eigenvalue weighted by Crippen LogP contribution is -2.17. The van der Waals surface area contributed by atoms with Gasteiger partial charge in [0.2, 0.25) is 9.84 Å². The Morgan fingerprint density at radius 3 is 1.36 bits per heavy atom. The van der Waals surface area contributed by atoms with Crippen molar-refractivity contribution in [2.45, 2.75) is 76.7 Å². The molecule has 0 fully saturated rings. The highest BCUT2D eigenvalue weighted by molar-refractivity contribution is 7.99. The van der Waals surface area contributed by atoms with Crippen molar-refractivity contribution in [3.63, 3.8) is 0 Å². The number of hydrogen-bond acceptors (Lipinski definition) is 7. The molecule has 56 heavy (non-hydrogen) atoms. The highest BCUT2D eigenvalue weighted by Crippen LogP contribution is 2.44. The Labute approximate surface area is 325 Å². The Morgan fingerprint density at radius 2 is 0.964 bits per heavy atom. The fraction of sp³-hybridized carbons (Fsp3) is 0.184. The summed E-state index contributed by atoms with van der Waals surface area (Å²) in [6, 6.07) is 11.4. The normalized spacial score (nSPS) is 12.1. The summed E-state index contributed by atoms with van der Waals surface area (Å²) < 4.78 is 178. The number of rotatable bonds is 10. The standard InChI is InChI=1S/C38H28F8O6S4/c1-15-9-22(10-16(2)34(15)53-25-8-7-21(20(6)47)13-24(25)14-55(48,49)50)23-11-17(3)35(18(4)12-23)54-36-28(41)32(45)38(33(46)29(36)42)56(51,52)37-30(43)26(39)19(5)27(40)31(37)44/h7-13H,14H2,1-6H3,(H,48,49,50). The zero-order chi connectivity index (χ0) is 41.9. The first kappa shape index (κ1) is 42.9. The Kier molecular flexibility index (Phi) is 12.0. The van der Waals surface area contributed by atoms with Gasteiger partial charge in [0.15, 0.2) is 52.3 Å². The topological polar surface area (TPSA) is 106 Å². The lowest BCUT2D eigenvalue weighted by Gasteiger charge is -2.18. The molecule has 18 heteroatoms. The van der Waals surface area contributed by atoms with E-state index in [9.17, 15) is 43.7 Å². The molecule has 6 nitrogen and oxygen atoms in total. The Balaban J connectivity index is 1.51. The molecule has 5 aromatic rings. The van der Waals surface area contributed by atoms with Crippen LogP contribution in [0.1, 0.15) is 50.7 Å². The van der Waals surface area contributed by atoms with Gasteiger partial charge in [-0.05, 0) is 92.6 Å². The third-order valence-electron chi connectivity index (χ3n) is 8.64. The van der Waals surface area contributed by atoms with E-state index in [4.69, 9.17) is 0 Å². The number of sulfone groups is 1. The second kappa shape index (κ2) is 15.6. The highest BCUT2D eigenvalue weighted by atomic mass is 32.2. The SMILES string of the molecule is CC(=O)c1ccc(Sc2c(C)cc(-c3cc(C)c(Sc4c(F)c(F)c(S(=O)(=O)c5c(F)c(F)c(C)c(F)c5F)c(F)c4F)c(C)c3)cc2C)c(CS(=O)(=O)O)c1. The summed E-state index contributed by atoms with van der Waals surface area (Å²) in [5, 5.41) is 0. The molecule has 0 radical (unpaired) electrons. The van der Waals surface area contributed by atoms with Gasteiger partial charge in [0.05, 0.1) is 4.90 Å². The van der Waals surface area contributed by atoms with Crippen LogP contribution < -0.4 is 0 Å². The zero-order valence-electron chi connectivity index (χ0n) is 29.9. The van der Waals surface area contributed by atoms with Crippen molar-refractivity contribution >= 4 is 49.3 Å². The van der Waals surface area contributed by atoms with Crippen LogP contribution in [0.25, 0.3) is 11.1 Å². The van der Waals surface area contributed by atoms with E-state index in [2.05, 4.69) is 0 Å². The summed E-state index contributed by atoms with van der Waals surface area (Å²) in [4.78, 5) is 6.93. The van der Waals surface area contributed by atoms with Gasteiger partial charge >= 0.3 is 0 Å². The summed E-state index contributed by atoms with van der Waals surface area (Å²) in [5.41, 5.74) is 2.66. The van der Waals surface area contributed by atoms with E-state index in [1.807, 2.05) is 12.1 Å². The van der Waals surface area contributed by atoms with Gasteiger partial charge in [-0.25, -0.2) is 43.5 Å². The molecular formula is C38H28F8O6S4. The van der Waals surface area contributed by atoms with Crippen molar-refractivity contribution in [2.75, 3.05) is 0 Å². The lowest BCUT2D eigenvalue weighted by molar-refractivity contribution is 0.101. The Bertz CT molecular complexity index is 2630. The maximum Gasteiger partial charge on any atom is 0.269 e. The molecule has 0 heterocycles. The monoisotopic (exact) mass is 860 g/mol. The molecule has 5 rings (SSSR count). The third-order valence-corrected chi connectivity index (χ3v) is 14.0. The molecule has 0 spiro atoms. The van der Waals surface area contributed by atoms with E-state index in [-0.39, 0.29) is 33.6 Å². The fourth-order valence-corrected chi connectivity index (χ4v) is 10.2. The Morgan fingerprint density at radius 1 is 0.571 bits per heavy atom. The molecule has 0 aliphatic carbocycles. The molecule has 0 aliphatic heterocycles. The number of halogens is 8. The van der Waals surface area contributed by atoms with Crippen molar-refractivity contribution in [2.24, 2.45) is 0 Å². The van der Waals surface area contributed by atoms with Gasteiger partial charge < -0.3 is 0 Å². The highest BCUT2D eigenvalue weighted by Gasteiger charge is 2.40. The van der Waals surface area contributed by atoms with Gasteiger partial charge in [-0.3, -0.25) is 9.35 Å². The fourth-order valence-electron chi connectivity index (χ4n) is 5.95. The second-order valence-corrected chi connectivity index (χ2v) is 18.2. The molecule has 0 aliphatic rings. The van der Waals surface area contributed by atoms with Crippen LogP contribution in [0.5, 0.6) is 0 Å². The van der Waals surface area contributed by atoms with Crippen LogP contribution in [-0.2, 0) is 25.7 Å². The number of carbonyl (C=O) groups excluding carboxylic acids is 1. The average Bonchev–Trinajstić information content (AvgIpc) is 3.09. The van der Waals surface area contributed by atoms with Crippen LogP contribution in [0, 0.1) is 81.2 Å². The molecule has 0 atom stereocenters. The summed E-state index contributed by atoms with van der Waals surface area (Å²) in [5.74, 6) is -20.2. The molecule has 0 aromatic heterocycles. The van der Waals surface area contributed by atoms with E-state index in [1.54, 1.807) is 32.0 Å². The quantitative estimate of drug-likeness (QED) is 0.0641. The lowest BCUT2D eigenvalue weighted by atomic mass is 9.97. The molecule has 0 unspecified atom stereocenters. The van der Waals surface area contributed by atoms with Crippen molar-refractivity contribution in [3.05, 3.63) is 128 Å². The van der Waals surface area contributed by atoms with Crippen LogP contribution in [0.3, 0.4) is 0 Å². The smallest absolute Gasteiger partial charge is 0.269 e. The van der Waals surface area contributed by atoms with E-state index < -0.39 is 92.5 Å². The minimum absolute atomic E-state index is 0.0988. The molecule has 0 saturated heterocycles. The number of hydrogen-bond donors (Lipinski definition) is 1. The van der Waals surface area contributed by atoms with Gasteiger partial charge in [-0.15, -0.1) is 0 Å². The van der Waals surface area contributed by atoms with Crippen LogP contribution in [0.2, 0.25) is 0 Å². The van der Waals surface area contributed by atoms with Crippen LogP contribution in [-0.4, -0.2) is 27.2 Å². The first-order valence-electron chi connectivity index (χ1n) is 16.0. The van der Waals surface area contributed by atoms with Gasteiger partial charge in [0.25, 0.3) is 10.1 Å². The molecule has 0 amide bonds. The molecular weight excluding hydrogens is 833 g/mol. The van der Waals surface area contributed by atoms with Gasteiger partial charge in [0.1, 0.15) is 15.5 Å². The number of carbonyl (C=O) groups is 1. The van der Waals surface area contributed by atoms with Crippen LogP contribution in [0.4, 0.5) is 35.1 Å². The van der Waals surface area contributed by atoms with Crippen molar-refractivity contribution in [3.8, 4) is 11.1 Å². The average molecular weight is 861 g/mol. The molecule has 1 N–H and O–H groups in total. The van der Waals surface area contributed by atoms with E-state index in [1.165, 1.54) is 44.7 Å². The Hall–Kier alpha value is -4.23. The predicted molar refractivity (Wildman–Crippen MR) is 194 cm³/mol. The molecule has 0 bridgehead atoms. The summed E-state index contributed by atoms with van der Waals surface area (Å²) >= 11 is 1.42. The first-order valence-corrected chi connectivity index (χ1v) is 20.7. The van der Waals surface area contributed by atoms with Crippen LogP contribution in [0.15, 0.2) is 71.8 Å². The number of benzene rings is 5.